The predicted molar refractivity (Wildman–Crippen MR) is 29.6 cm³/mol. The minimum atomic E-state index is 0.671. The van der Waals surface area contributed by atoms with Crippen LogP contribution in [-0.2, 0) is 0 Å². The molecule has 0 N–H and O–H groups in total. The lowest BCUT2D eigenvalue weighted by molar-refractivity contribution is 0.600. The van der Waals surface area contributed by atoms with Crippen LogP contribution in [0.15, 0.2) is 23.2 Å². The molecule has 0 fully saturated rings. The summed E-state index contributed by atoms with van der Waals surface area (Å²) in [5.74, 6) is 0. The van der Waals surface area contributed by atoms with Crippen molar-refractivity contribution in [3.63, 3.8) is 0 Å². The topological polar surface area (TPSA) is 51.8 Å². The van der Waals surface area contributed by atoms with E-state index in [1.54, 1.807) is 6.20 Å². The zero-order chi connectivity index (χ0) is 6.10. The SMILES string of the molecule is c1nc2cnncc2o1. The first-order valence-corrected chi connectivity index (χ1v) is 2.47. The van der Waals surface area contributed by atoms with Crippen molar-refractivity contribution in [2.75, 3.05) is 0 Å². The molecule has 9 heavy (non-hydrogen) atoms. The van der Waals surface area contributed by atoms with Crippen molar-refractivity contribution in [1.29, 1.82) is 0 Å². The van der Waals surface area contributed by atoms with Gasteiger partial charge in [-0.2, -0.15) is 10.2 Å². The van der Waals surface area contributed by atoms with Crippen LogP contribution >= 0.6 is 0 Å². The molecular weight excluding hydrogens is 118 g/mol. The van der Waals surface area contributed by atoms with Gasteiger partial charge in [0.15, 0.2) is 12.0 Å². The molecule has 0 saturated carbocycles. The van der Waals surface area contributed by atoms with Gasteiger partial charge >= 0.3 is 0 Å². The lowest BCUT2D eigenvalue weighted by Crippen LogP contribution is -1.75. The maximum absolute atomic E-state index is 4.90. The van der Waals surface area contributed by atoms with Crippen LogP contribution in [0.25, 0.3) is 11.1 Å². The number of rotatable bonds is 0. The second-order valence-corrected chi connectivity index (χ2v) is 1.59. The van der Waals surface area contributed by atoms with Crippen LogP contribution in [0.2, 0.25) is 0 Å². The molecule has 0 bridgehead atoms. The Hall–Kier alpha value is -1.45. The zero-order valence-corrected chi connectivity index (χ0v) is 4.48. The monoisotopic (exact) mass is 121 g/mol. The highest BCUT2D eigenvalue weighted by Crippen LogP contribution is 2.05. The molecule has 0 atom stereocenters. The maximum Gasteiger partial charge on any atom is 0.182 e. The Labute approximate surface area is 50.5 Å². The molecule has 2 aromatic heterocycles. The lowest BCUT2D eigenvalue weighted by Gasteiger charge is -1.77. The number of nitrogens with zero attached hydrogens (tertiary/aromatic N) is 3. The molecule has 0 aliphatic heterocycles. The molecule has 0 amide bonds. The molecule has 44 valence electrons. The molecular formula is C5H3N3O. The van der Waals surface area contributed by atoms with E-state index < -0.39 is 0 Å². The fraction of sp³-hybridized carbons (Fsp3) is 0. The van der Waals surface area contributed by atoms with Crippen LogP contribution in [0.1, 0.15) is 0 Å². The van der Waals surface area contributed by atoms with E-state index in [1.807, 2.05) is 0 Å². The molecule has 4 nitrogen and oxygen atoms in total. The summed E-state index contributed by atoms with van der Waals surface area (Å²) in [4.78, 5) is 3.85. The van der Waals surface area contributed by atoms with Gasteiger partial charge in [0, 0.05) is 0 Å². The van der Waals surface area contributed by atoms with Crippen LogP contribution in [0.3, 0.4) is 0 Å². The van der Waals surface area contributed by atoms with Crippen LogP contribution in [0.4, 0.5) is 0 Å². The highest BCUT2D eigenvalue weighted by Gasteiger charge is 1.93. The average Bonchev–Trinajstić information content (AvgIpc) is 2.33. The third-order valence-electron chi connectivity index (χ3n) is 1.05. The van der Waals surface area contributed by atoms with Crippen LogP contribution in [0, 0.1) is 0 Å². The summed E-state index contributed by atoms with van der Waals surface area (Å²) in [5.41, 5.74) is 1.41. The van der Waals surface area contributed by atoms with Gasteiger partial charge in [0.1, 0.15) is 5.52 Å². The second kappa shape index (κ2) is 1.51. The van der Waals surface area contributed by atoms with Gasteiger partial charge in [0.05, 0.1) is 12.4 Å². The molecule has 2 aromatic rings. The molecule has 0 aliphatic rings. The third kappa shape index (κ3) is 0.561. The molecule has 4 heteroatoms. The molecule has 0 aliphatic carbocycles. The minimum absolute atomic E-state index is 0.671. The number of hydrogen-bond acceptors (Lipinski definition) is 4. The average molecular weight is 121 g/mol. The van der Waals surface area contributed by atoms with Gasteiger partial charge in [-0.15, -0.1) is 0 Å². The standard InChI is InChI=1S/C5H3N3O/c1-4-5(2-8-7-1)9-3-6-4/h1-3H. The Morgan fingerprint density at radius 2 is 2.11 bits per heavy atom. The Kier molecular flexibility index (Phi) is 0.745. The van der Waals surface area contributed by atoms with Crippen molar-refractivity contribution >= 4 is 11.1 Å². The van der Waals surface area contributed by atoms with Gasteiger partial charge in [-0.1, -0.05) is 0 Å². The maximum atomic E-state index is 4.90. The fourth-order valence-corrected chi connectivity index (χ4v) is 0.631. The highest BCUT2D eigenvalue weighted by atomic mass is 16.3. The van der Waals surface area contributed by atoms with E-state index in [9.17, 15) is 0 Å². The second-order valence-electron chi connectivity index (χ2n) is 1.59. The van der Waals surface area contributed by atoms with Crippen molar-refractivity contribution in [3.05, 3.63) is 18.8 Å². The Bertz CT molecular complexity index is 286. The number of fused-ring (bicyclic) bond motifs is 1. The summed E-state index contributed by atoms with van der Waals surface area (Å²) in [7, 11) is 0. The normalized spacial score (nSPS) is 10.2. The summed E-state index contributed by atoms with van der Waals surface area (Å²) in [6.45, 7) is 0. The lowest BCUT2D eigenvalue weighted by atomic mass is 10.5. The zero-order valence-electron chi connectivity index (χ0n) is 4.48. The van der Waals surface area contributed by atoms with E-state index in [4.69, 9.17) is 4.42 Å². The largest absolute Gasteiger partial charge is 0.442 e. The molecule has 0 saturated heterocycles. The van der Waals surface area contributed by atoms with Gasteiger partial charge in [0.2, 0.25) is 0 Å². The Morgan fingerprint density at radius 1 is 1.22 bits per heavy atom. The van der Waals surface area contributed by atoms with E-state index >= 15 is 0 Å². The molecule has 0 spiro atoms. The van der Waals surface area contributed by atoms with Gasteiger partial charge in [0.25, 0.3) is 0 Å². The predicted octanol–water partition coefficient (Wildman–Crippen LogP) is 0.618. The van der Waals surface area contributed by atoms with E-state index in [0.29, 0.717) is 5.58 Å². The summed E-state index contributed by atoms with van der Waals surface area (Å²) in [6, 6.07) is 0. The van der Waals surface area contributed by atoms with Crippen molar-refractivity contribution in [1.82, 2.24) is 15.2 Å². The Morgan fingerprint density at radius 3 is 3.00 bits per heavy atom. The van der Waals surface area contributed by atoms with E-state index in [2.05, 4.69) is 15.2 Å². The summed E-state index contributed by atoms with van der Waals surface area (Å²) >= 11 is 0. The van der Waals surface area contributed by atoms with Crippen molar-refractivity contribution in [2.45, 2.75) is 0 Å². The van der Waals surface area contributed by atoms with Crippen molar-refractivity contribution in [3.8, 4) is 0 Å². The highest BCUT2D eigenvalue weighted by molar-refractivity contribution is 5.68. The number of hydrogen-bond donors (Lipinski definition) is 0. The smallest absolute Gasteiger partial charge is 0.182 e. The van der Waals surface area contributed by atoms with Crippen molar-refractivity contribution < 1.29 is 4.42 Å². The first kappa shape index (κ1) is 4.43. The van der Waals surface area contributed by atoms with Gasteiger partial charge in [-0.3, -0.25) is 0 Å². The molecule has 0 aromatic carbocycles. The van der Waals surface area contributed by atoms with Crippen molar-refractivity contribution in [2.24, 2.45) is 0 Å². The summed E-state index contributed by atoms with van der Waals surface area (Å²) in [5, 5.41) is 7.21. The molecule has 2 heterocycles. The van der Waals surface area contributed by atoms with E-state index in [1.165, 1.54) is 12.6 Å². The number of aromatic nitrogens is 3. The quantitative estimate of drug-likeness (QED) is 0.512. The van der Waals surface area contributed by atoms with Crippen LogP contribution < -0.4 is 0 Å². The first-order chi connectivity index (χ1) is 4.47. The van der Waals surface area contributed by atoms with Gasteiger partial charge < -0.3 is 4.42 Å². The van der Waals surface area contributed by atoms with E-state index in [0.717, 1.165) is 5.52 Å². The van der Waals surface area contributed by atoms with Crippen LogP contribution in [-0.4, -0.2) is 15.2 Å². The third-order valence-corrected chi connectivity index (χ3v) is 1.05. The first-order valence-electron chi connectivity index (χ1n) is 2.47. The van der Waals surface area contributed by atoms with E-state index in [-0.39, 0.29) is 0 Å². The fourth-order valence-electron chi connectivity index (χ4n) is 0.631. The number of oxazole rings is 1. The van der Waals surface area contributed by atoms with Gasteiger partial charge in [-0.25, -0.2) is 4.98 Å². The summed E-state index contributed by atoms with van der Waals surface area (Å²) in [6.07, 6.45) is 4.45. The molecule has 2 rings (SSSR count). The minimum Gasteiger partial charge on any atom is -0.442 e. The van der Waals surface area contributed by atoms with Crippen LogP contribution in [0.5, 0.6) is 0 Å². The molecule has 0 radical (unpaired) electrons. The van der Waals surface area contributed by atoms with Gasteiger partial charge in [-0.05, 0) is 0 Å². The summed E-state index contributed by atoms with van der Waals surface area (Å²) < 4.78 is 4.90. The molecule has 0 unspecified atom stereocenters. The Balaban J connectivity index is 2.95.